The molecule has 3 aromatic rings. The maximum Gasteiger partial charge on any atom is 0.204 e. The van der Waals surface area contributed by atoms with E-state index >= 15 is 0 Å². The molecule has 0 unspecified atom stereocenters. The van der Waals surface area contributed by atoms with Crippen LogP contribution in [0.15, 0.2) is 6.20 Å². The van der Waals surface area contributed by atoms with E-state index in [9.17, 15) is 0 Å². The Bertz CT molecular complexity index is 702. The first-order valence-corrected chi connectivity index (χ1v) is 6.99. The minimum Gasteiger partial charge on any atom is -0.248 e. The number of nitrogens with zero attached hydrogens (tertiary/aromatic N) is 6. The van der Waals surface area contributed by atoms with Gasteiger partial charge in [0.25, 0.3) is 0 Å². The highest BCUT2D eigenvalue weighted by Gasteiger charge is 2.09. The molecule has 0 saturated heterocycles. The van der Waals surface area contributed by atoms with E-state index in [1.165, 1.54) is 4.63 Å². The fourth-order valence-electron chi connectivity index (χ4n) is 1.62. The summed E-state index contributed by atoms with van der Waals surface area (Å²) in [6, 6.07) is 0. The molecule has 20 heavy (non-hydrogen) atoms. The average molecular weight is 274 g/mol. The highest BCUT2D eigenvalue weighted by atomic mass is 15.4. The van der Waals surface area contributed by atoms with Crippen LogP contribution in [0.4, 0.5) is 0 Å². The first-order chi connectivity index (χ1) is 9.65. The van der Waals surface area contributed by atoms with Gasteiger partial charge in [-0.25, -0.2) is 15.0 Å². The molecule has 0 aliphatic rings. The molecule has 0 fully saturated rings. The molecule has 3 heterocycles. The maximum absolute atomic E-state index is 4.49. The summed E-state index contributed by atoms with van der Waals surface area (Å²) in [6.45, 7) is 13.7. The van der Waals surface area contributed by atoms with Gasteiger partial charge in [0.1, 0.15) is 11.0 Å². The summed E-state index contributed by atoms with van der Waals surface area (Å²) in [4.78, 5) is 13.2. The lowest BCUT2D eigenvalue weighted by molar-refractivity contribution is 0.790. The lowest BCUT2D eigenvalue weighted by Gasteiger charge is -2.01. The van der Waals surface area contributed by atoms with Crippen LogP contribution >= 0.6 is 0 Å². The summed E-state index contributed by atoms with van der Waals surface area (Å²) in [7, 11) is 0. The number of aryl methyl sites for hydroxylation is 3. The Balaban J connectivity index is 0.000000461. The van der Waals surface area contributed by atoms with Crippen molar-refractivity contribution in [3.63, 3.8) is 0 Å². The number of fused-ring (bicyclic) bond motifs is 3. The number of rotatable bonds is 0. The Kier molecular flexibility index (Phi) is 5.49. The predicted molar refractivity (Wildman–Crippen MR) is 80.8 cm³/mol. The van der Waals surface area contributed by atoms with Gasteiger partial charge in [-0.15, -0.1) is 9.73 Å². The van der Waals surface area contributed by atoms with Crippen molar-refractivity contribution in [2.24, 2.45) is 0 Å². The normalized spacial score (nSPS) is 9.75. The van der Waals surface area contributed by atoms with Crippen LogP contribution in [0.1, 0.15) is 44.9 Å². The summed E-state index contributed by atoms with van der Waals surface area (Å²) in [5.74, 6) is 0.681. The van der Waals surface area contributed by atoms with E-state index in [0.29, 0.717) is 11.5 Å². The smallest absolute Gasteiger partial charge is 0.204 e. The Labute approximate surface area is 119 Å². The second-order valence-electron chi connectivity index (χ2n) is 3.74. The second kappa shape index (κ2) is 6.88. The lowest BCUT2D eigenvalue weighted by Crippen LogP contribution is -1.99. The van der Waals surface area contributed by atoms with Gasteiger partial charge in [0.15, 0.2) is 5.82 Å². The summed E-state index contributed by atoms with van der Waals surface area (Å²) >= 11 is 0. The third-order valence-corrected chi connectivity index (χ3v) is 2.53. The topological polar surface area (TPSA) is 68.9 Å². The zero-order valence-electron chi connectivity index (χ0n) is 13.3. The largest absolute Gasteiger partial charge is 0.248 e. The highest BCUT2D eigenvalue weighted by molar-refractivity contribution is 5.86. The Morgan fingerprint density at radius 2 is 1.45 bits per heavy atom. The van der Waals surface area contributed by atoms with Crippen molar-refractivity contribution < 1.29 is 0 Å². The Morgan fingerprint density at radius 1 is 0.850 bits per heavy atom. The van der Waals surface area contributed by atoms with Crippen molar-refractivity contribution >= 4 is 16.7 Å². The molecule has 0 N–H and O–H groups in total. The van der Waals surface area contributed by atoms with Crippen molar-refractivity contribution in [1.29, 1.82) is 0 Å². The van der Waals surface area contributed by atoms with E-state index < -0.39 is 0 Å². The van der Waals surface area contributed by atoms with Crippen molar-refractivity contribution in [3.05, 3.63) is 23.4 Å². The van der Waals surface area contributed by atoms with Crippen molar-refractivity contribution in [2.45, 2.75) is 48.5 Å². The molecule has 108 valence electrons. The quantitative estimate of drug-likeness (QED) is 0.630. The van der Waals surface area contributed by atoms with Gasteiger partial charge in [-0.1, -0.05) is 27.7 Å². The molecule has 0 aliphatic carbocycles. The van der Waals surface area contributed by atoms with Crippen LogP contribution in [0.3, 0.4) is 0 Å². The molecule has 0 aliphatic heterocycles. The Hall–Kier alpha value is -2.11. The minimum atomic E-state index is 0.658. The fourth-order valence-corrected chi connectivity index (χ4v) is 1.62. The standard InChI is InChI=1S/C10H10N6.2C2H6/c1-5-6(2)13-9-8(12-5)4-11-16-10(9)14-7(3)15-16;2*1-2/h4H,1-3H3;2*1-2H3. The first-order valence-electron chi connectivity index (χ1n) is 6.99. The molecule has 6 nitrogen and oxygen atoms in total. The van der Waals surface area contributed by atoms with Gasteiger partial charge in [0.2, 0.25) is 5.65 Å². The zero-order valence-corrected chi connectivity index (χ0v) is 13.3. The van der Waals surface area contributed by atoms with E-state index in [4.69, 9.17) is 0 Å². The predicted octanol–water partition coefficient (Wildman–Crippen LogP) is 3.05. The van der Waals surface area contributed by atoms with Crippen LogP contribution in [-0.2, 0) is 0 Å². The molecule has 0 spiro atoms. The third-order valence-electron chi connectivity index (χ3n) is 2.53. The van der Waals surface area contributed by atoms with E-state index in [-0.39, 0.29) is 0 Å². The minimum absolute atomic E-state index is 0.658. The van der Waals surface area contributed by atoms with Crippen LogP contribution in [0.25, 0.3) is 16.7 Å². The van der Waals surface area contributed by atoms with Gasteiger partial charge in [-0.2, -0.15) is 5.10 Å². The molecule has 0 aromatic carbocycles. The number of hydrogen-bond donors (Lipinski definition) is 0. The van der Waals surface area contributed by atoms with Gasteiger partial charge >= 0.3 is 0 Å². The van der Waals surface area contributed by atoms with Crippen LogP contribution in [-0.4, -0.2) is 29.8 Å². The number of aromatic nitrogens is 6. The lowest BCUT2D eigenvalue weighted by atomic mass is 10.3. The van der Waals surface area contributed by atoms with Gasteiger partial charge in [0, 0.05) is 0 Å². The van der Waals surface area contributed by atoms with Gasteiger partial charge < -0.3 is 0 Å². The second-order valence-corrected chi connectivity index (χ2v) is 3.74. The summed E-state index contributed by atoms with van der Waals surface area (Å²) in [5, 5.41) is 8.28. The molecule has 0 amide bonds. The van der Waals surface area contributed by atoms with Crippen molar-refractivity contribution in [2.75, 3.05) is 0 Å². The third kappa shape index (κ3) is 2.89. The van der Waals surface area contributed by atoms with Crippen LogP contribution in [0.5, 0.6) is 0 Å². The molecular formula is C14H22N6. The molecule has 0 bridgehead atoms. The summed E-state index contributed by atoms with van der Waals surface area (Å²) < 4.78 is 1.49. The van der Waals surface area contributed by atoms with E-state index in [2.05, 4.69) is 25.1 Å². The van der Waals surface area contributed by atoms with Crippen LogP contribution in [0, 0.1) is 20.8 Å². The van der Waals surface area contributed by atoms with Crippen LogP contribution < -0.4 is 0 Å². The zero-order chi connectivity index (χ0) is 15.3. The van der Waals surface area contributed by atoms with Gasteiger partial charge in [-0.3, -0.25) is 0 Å². The van der Waals surface area contributed by atoms with Crippen molar-refractivity contribution in [1.82, 2.24) is 29.8 Å². The monoisotopic (exact) mass is 274 g/mol. The van der Waals surface area contributed by atoms with Crippen LogP contribution in [0.2, 0.25) is 0 Å². The SMILES string of the molecule is CC.CC.Cc1nc2c3nc(C)c(C)nc3cnn2n1. The molecule has 0 atom stereocenters. The van der Waals surface area contributed by atoms with E-state index in [1.54, 1.807) is 6.20 Å². The fraction of sp³-hybridized carbons (Fsp3) is 0.500. The van der Waals surface area contributed by atoms with E-state index in [0.717, 1.165) is 22.4 Å². The molecule has 3 rings (SSSR count). The average Bonchev–Trinajstić information content (AvgIpc) is 2.86. The first kappa shape index (κ1) is 15.9. The number of hydrogen-bond acceptors (Lipinski definition) is 5. The highest BCUT2D eigenvalue weighted by Crippen LogP contribution is 2.14. The molecule has 0 saturated carbocycles. The summed E-state index contributed by atoms with van der Waals surface area (Å²) in [5.41, 5.74) is 3.98. The molecular weight excluding hydrogens is 252 g/mol. The Morgan fingerprint density at radius 3 is 2.10 bits per heavy atom. The van der Waals surface area contributed by atoms with Crippen molar-refractivity contribution in [3.8, 4) is 0 Å². The summed E-state index contributed by atoms with van der Waals surface area (Å²) in [6.07, 6.45) is 1.66. The van der Waals surface area contributed by atoms with E-state index in [1.807, 2.05) is 48.5 Å². The van der Waals surface area contributed by atoms with Gasteiger partial charge in [0.05, 0.1) is 17.6 Å². The maximum atomic E-state index is 4.49. The van der Waals surface area contributed by atoms with Gasteiger partial charge in [-0.05, 0) is 20.8 Å². The molecule has 3 aromatic heterocycles. The molecule has 0 radical (unpaired) electrons. The molecule has 6 heteroatoms.